The molecule has 2 N–H and O–H groups in total. The summed E-state index contributed by atoms with van der Waals surface area (Å²) in [5.74, 6) is 0. The fraction of sp³-hybridized carbons (Fsp3) is 0.625. The van der Waals surface area contributed by atoms with Crippen molar-refractivity contribution in [3.63, 3.8) is 0 Å². The Morgan fingerprint density at radius 2 is 1.61 bits per heavy atom. The van der Waals surface area contributed by atoms with E-state index in [1.807, 2.05) is 7.05 Å². The van der Waals surface area contributed by atoms with E-state index >= 15 is 0 Å². The highest BCUT2D eigenvalue weighted by molar-refractivity contribution is 5.44. The van der Waals surface area contributed by atoms with Crippen LogP contribution in [0.5, 0.6) is 0 Å². The number of unbranched alkanes of at least 4 members (excludes halogenated alkanes) is 3. The first kappa shape index (κ1) is 15.0. The first-order valence-electron chi connectivity index (χ1n) is 7.34. The molecule has 0 bridgehead atoms. The second-order valence-electron chi connectivity index (χ2n) is 4.89. The van der Waals surface area contributed by atoms with Crippen molar-refractivity contribution in [2.24, 2.45) is 0 Å². The molecule has 0 amide bonds. The summed E-state index contributed by atoms with van der Waals surface area (Å²) >= 11 is 0. The molecule has 0 unspecified atom stereocenters. The van der Waals surface area contributed by atoms with Crippen molar-refractivity contribution >= 4 is 5.69 Å². The molecule has 2 nitrogen and oxygen atoms in total. The highest BCUT2D eigenvalue weighted by Gasteiger charge is 1.94. The van der Waals surface area contributed by atoms with E-state index in [0.29, 0.717) is 0 Å². The standard InChI is InChI=1S/C16H28N2/c1-3-4-8-15-9-11-16(12-10-15)18-14-7-5-6-13-17-2/h9-12,17-18H,3-8,13-14H2,1-2H3. The van der Waals surface area contributed by atoms with Gasteiger partial charge in [-0.3, -0.25) is 0 Å². The largest absolute Gasteiger partial charge is 0.385 e. The van der Waals surface area contributed by atoms with Crippen LogP contribution in [-0.4, -0.2) is 20.1 Å². The molecule has 0 aliphatic heterocycles. The van der Waals surface area contributed by atoms with Crippen LogP contribution in [0.4, 0.5) is 5.69 Å². The molecule has 1 aromatic rings. The molecular weight excluding hydrogens is 220 g/mol. The molecule has 0 spiro atoms. The van der Waals surface area contributed by atoms with Crippen LogP contribution >= 0.6 is 0 Å². The maximum absolute atomic E-state index is 3.48. The minimum Gasteiger partial charge on any atom is -0.385 e. The van der Waals surface area contributed by atoms with Gasteiger partial charge in [0, 0.05) is 12.2 Å². The molecule has 0 saturated heterocycles. The molecule has 0 saturated carbocycles. The van der Waals surface area contributed by atoms with E-state index in [1.54, 1.807) is 0 Å². The second kappa shape index (κ2) is 9.95. The van der Waals surface area contributed by atoms with Gasteiger partial charge in [-0.15, -0.1) is 0 Å². The summed E-state index contributed by atoms with van der Waals surface area (Å²) in [6.07, 6.45) is 7.58. The summed E-state index contributed by atoms with van der Waals surface area (Å²) in [4.78, 5) is 0. The summed E-state index contributed by atoms with van der Waals surface area (Å²) in [7, 11) is 2.01. The fourth-order valence-electron chi connectivity index (χ4n) is 2.01. The minimum atomic E-state index is 1.08. The number of hydrogen-bond acceptors (Lipinski definition) is 2. The van der Waals surface area contributed by atoms with Gasteiger partial charge in [0.1, 0.15) is 0 Å². The third-order valence-electron chi connectivity index (χ3n) is 3.21. The van der Waals surface area contributed by atoms with Gasteiger partial charge < -0.3 is 10.6 Å². The molecule has 0 fully saturated rings. The van der Waals surface area contributed by atoms with Crippen LogP contribution in [0.25, 0.3) is 0 Å². The van der Waals surface area contributed by atoms with E-state index in [1.165, 1.54) is 49.8 Å². The third-order valence-corrected chi connectivity index (χ3v) is 3.21. The van der Waals surface area contributed by atoms with Crippen LogP contribution in [0.3, 0.4) is 0 Å². The molecule has 18 heavy (non-hydrogen) atoms. The molecular formula is C16H28N2. The summed E-state index contributed by atoms with van der Waals surface area (Å²) in [6, 6.07) is 8.91. The molecule has 0 aromatic heterocycles. The van der Waals surface area contributed by atoms with Gasteiger partial charge in [0.15, 0.2) is 0 Å². The Balaban J connectivity index is 2.14. The highest BCUT2D eigenvalue weighted by atomic mass is 14.9. The Kier molecular flexibility index (Phi) is 8.32. The Morgan fingerprint density at radius 3 is 2.28 bits per heavy atom. The van der Waals surface area contributed by atoms with Gasteiger partial charge in [-0.2, -0.15) is 0 Å². The van der Waals surface area contributed by atoms with E-state index in [2.05, 4.69) is 41.8 Å². The zero-order valence-electron chi connectivity index (χ0n) is 12.0. The number of nitrogens with one attached hydrogen (secondary N) is 2. The van der Waals surface area contributed by atoms with Crippen LogP contribution in [-0.2, 0) is 6.42 Å². The van der Waals surface area contributed by atoms with Crippen molar-refractivity contribution in [2.45, 2.75) is 45.4 Å². The first-order chi connectivity index (χ1) is 8.86. The Bertz CT molecular complexity index is 292. The van der Waals surface area contributed by atoms with Crippen LogP contribution < -0.4 is 10.6 Å². The number of aryl methyl sites for hydroxylation is 1. The molecule has 0 heterocycles. The van der Waals surface area contributed by atoms with Crippen LogP contribution in [0.1, 0.15) is 44.6 Å². The van der Waals surface area contributed by atoms with Crippen molar-refractivity contribution in [3.05, 3.63) is 29.8 Å². The van der Waals surface area contributed by atoms with E-state index in [0.717, 1.165) is 13.1 Å². The lowest BCUT2D eigenvalue weighted by Crippen LogP contribution is -2.08. The van der Waals surface area contributed by atoms with E-state index in [4.69, 9.17) is 0 Å². The zero-order valence-corrected chi connectivity index (χ0v) is 12.0. The predicted molar refractivity (Wildman–Crippen MR) is 81.3 cm³/mol. The molecule has 0 aliphatic carbocycles. The lowest BCUT2D eigenvalue weighted by Gasteiger charge is -2.07. The number of rotatable bonds is 10. The van der Waals surface area contributed by atoms with Crippen LogP contribution in [0.15, 0.2) is 24.3 Å². The molecule has 102 valence electrons. The fourth-order valence-corrected chi connectivity index (χ4v) is 2.01. The molecule has 0 atom stereocenters. The van der Waals surface area contributed by atoms with Gasteiger partial charge in [-0.05, 0) is 57.0 Å². The molecule has 0 aliphatic rings. The molecule has 1 aromatic carbocycles. The Labute approximate surface area is 112 Å². The van der Waals surface area contributed by atoms with Crippen molar-refractivity contribution in [1.82, 2.24) is 5.32 Å². The van der Waals surface area contributed by atoms with Gasteiger partial charge in [-0.25, -0.2) is 0 Å². The van der Waals surface area contributed by atoms with Gasteiger partial charge in [0.2, 0.25) is 0 Å². The quantitative estimate of drug-likeness (QED) is 0.615. The maximum Gasteiger partial charge on any atom is 0.0340 e. The molecule has 2 heteroatoms. The van der Waals surface area contributed by atoms with Crippen molar-refractivity contribution in [2.75, 3.05) is 25.5 Å². The van der Waals surface area contributed by atoms with Crippen LogP contribution in [0.2, 0.25) is 0 Å². The van der Waals surface area contributed by atoms with Crippen LogP contribution in [0, 0.1) is 0 Å². The topological polar surface area (TPSA) is 24.1 Å². The average Bonchev–Trinajstić information content (AvgIpc) is 2.42. The first-order valence-corrected chi connectivity index (χ1v) is 7.34. The van der Waals surface area contributed by atoms with Crippen molar-refractivity contribution < 1.29 is 0 Å². The molecule has 0 radical (unpaired) electrons. The summed E-state index contributed by atoms with van der Waals surface area (Å²) < 4.78 is 0. The highest BCUT2D eigenvalue weighted by Crippen LogP contribution is 2.12. The number of hydrogen-bond donors (Lipinski definition) is 2. The average molecular weight is 248 g/mol. The normalized spacial score (nSPS) is 10.6. The molecule has 1 rings (SSSR count). The summed E-state index contributed by atoms with van der Waals surface area (Å²) in [5.41, 5.74) is 2.71. The summed E-state index contributed by atoms with van der Waals surface area (Å²) in [5, 5.41) is 6.66. The van der Waals surface area contributed by atoms with E-state index in [-0.39, 0.29) is 0 Å². The van der Waals surface area contributed by atoms with Gasteiger partial charge in [0.25, 0.3) is 0 Å². The van der Waals surface area contributed by atoms with E-state index < -0.39 is 0 Å². The lowest BCUT2D eigenvalue weighted by molar-refractivity contribution is 0.655. The predicted octanol–water partition coefficient (Wildman–Crippen LogP) is 3.83. The second-order valence-corrected chi connectivity index (χ2v) is 4.89. The Hall–Kier alpha value is -1.02. The third kappa shape index (κ3) is 6.65. The SMILES string of the molecule is CCCCc1ccc(NCCCCCNC)cc1. The lowest BCUT2D eigenvalue weighted by atomic mass is 10.1. The minimum absolute atomic E-state index is 1.08. The van der Waals surface area contributed by atoms with Crippen molar-refractivity contribution in [1.29, 1.82) is 0 Å². The Morgan fingerprint density at radius 1 is 0.889 bits per heavy atom. The smallest absolute Gasteiger partial charge is 0.0340 e. The number of anilines is 1. The summed E-state index contributed by atoms with van der Waals surface area (Å²) in [6.45, 7) is 4.45. The zero-order chi connectivity index (χ0) is 13.1. The maximum atomic E-state index is 3.48. The monoisotopic (exact) mass is 248 g/mol. The number of benzene rings is 1. The van der Waals surface area contributed by atoms with Crippen molar-refractivity contribution in [3.8, 4) is 0 Å². The van der Waals surface area contributed by atoms with E-state index in [9.17, 15) is 0 Å². The van der Waals surface area contributed by atoms with Gasteiger partial charge >= 0.3 is 0 Å². The van der Waals surface area contributed by atoms with Gasteiger partial charge in [-0.1, -0.05) is 31.9 Å². The van der Waals surface area contributed by atoms with Gasteiger partial charge in [0.05, 0.1) is 0 Å².